The summed E-state index contributed by atoms with van der Waals surface area (Å²) in [6.07, 6.45) is 67.2. The summed E-state index contributed by atoms with van der Waals surface area (Å²) in [7, 11) is 0. The number of allylic oxidation sites excluding steroid dienone is 13. The van der Waals surface area contributed by atoms with Crippen LogP contribution in [0.25, 0.3) is 0 Å². The van der Waals surface area contributed by atoms with E-state index in [1.165, 1.54) is 128 Å². The van der Waals surface area contributed by atoms with E-state index in [4.69, 9.17) is 0 Å². The quantitative estimate of drug-likeness (QED) is 0.0429. The van der Waals surface area contributed by atoms with E-state index in [2.05, 4.69) is 92.1 Å². The first-order valence-corrected chi connectivity index (χ1v) is 23.3. The highest BCUT2D eigenvalue weighted by molar-refractivity contribution is 5.76. The number of unbranched alkanes of at least 4 members (excludes halogenated alkanes) is 22. The zero-order valence-corrected chi connectivity index (χ0v) is 36.2. The first-order chi connectivity index (χ1) is 27.2. The van der Waals surface area contributed by atoms with Gasteiger partial charge in [0.05, 0.1) is 18.8 Å². The van der Waals surface area contributed by atoms with Crippen LogP contribution in [-0.2, 0) is 4.79 Å². The third kappa shape index (κ3) is 42.6. The first kappa shape index (κ1) is 52.6. The highest BCUT2D eigenvalue weighted by Gasteiger charge is 2.17. The molecule has 2 unspecified atom stereocenters. The molecule has 0 heterocycles. The van der Waals surface area contributed by atoms with Crippen molar-refractivity contribution in [2.75, 3.05) is 6.61 Å². The third-order valence-corrected chi connectivity index (χ3v) is 10.1. The van der Waals surface area contributed by atoms with E-state index in [1.54, 1.807) is 6.08 Å². The lowest BCUT2D eigenvalue weighted by Crippen LogP contribution is -2.45. The maximum atomic E-state index is 12.4. The number of aliphatic hydroxyl groups excluding tert-OH is 2. The summed E-state index contributed by atoms with van der Waals surface area (Å²) in [5.74, 6) is -0.133. The minimum absolute atomic E-state index is 0.133. The second kappa shape index (κ2) is 46.0. The van der Waals surface area contributed by atoms with Gasteiger partial charge in [-0.25, -0.2) is 0 Å². The third-order valence-electron chi connectivity index (χ3n) is 10.1. The lowest BCUT2D eigenvalue weighted by Gasteiger charge is -2.19. The second-order valence-electron chi connectivity index (χ2n) is 15.4. The number of aliphatic hydroxyl groups is 2. The zero-order valence-electron chi connectivity index (χ0n) is 36.2. The second-order valence-corrected chi connectivity index (χ2v) is 15.4. The highest BCUT2D eigenvalue weighted by atomic mass is 16.3. The van der Waals surface area contributed by atoms with Gasteiger partial charge in [-0.05, 0) is 70.6 Å². The van der Waals surface area contributed by atoms with E-state index >= 15 is 0 Å². The van der Waals surface area contributed by atoms with Crippen molar-refractivity contribution in [1.82, 2.24) is 5.32 Å². The Morgan fingerprint density at radius 1 is 0.455 bits per heavy atom. The van der Waals surface area contributed by atoms with Crippen molar-refractivity contribution in [3.8, 4) is 0 Å². The summed E-state index contributed by atoms with van der Waals surface area (Å²) < 4.78 is 0. The molecule has 0 spiro atoms. The highest BCUT2D eigenvalue weighted by Crippen LogP contribution is 2.15. The molecule has 0 aliphatic heterocycles. The Balaban J connectivity index is 3.66. The lowest BCUT2D eigenvalue weighted by atomic mass is 10.0. The van der Waals surface area contributed by atoms with Crippen LogP contribution < -0.4 is 5.32 Å². The van der Waals surface area contributed by atoms with Crippen LogP contribution >= 0.6 is 0 Å². The van der Waals surface area contributed by atoms with Crippen molar-refractivity contribution in [3.63, 3.8) is 0 Å². The topological polar surface area (TPSA) is 69.6 Å². The Kier molecular flexibility index (Phi) is 43.9. The Morgan fingerprint density at radius 3 is 1.27 bits per heavy atom. The molecule has 1 amide bonds. The molecule has 0 aromatic carbocycles. The Hall–Kier alpha value is -2.43. The zero-order chi connectivity index (χ0) is 40.0. The van der Waals surface area contributed by atoms with Gasteiger partial charge in [0.25, 0.3) is 0 Å². The van der Waals surface area contributed by atoms with E-state index in [0.717, 1.165) is 64.2 Å². The van der Waals surface area contributed by atoms with Gasteiger partial charge >= 0.3 is 0 Å². The average Bonchev–Trinajstić information content (AvgIpc) is 3.19. The maximum Gasteiger partial charge on any atom is 0.220 e. The number of hydrogen-bond donors (Lipinski definition) is 3. The maximum absolute atomic E-state index is 12.4. The van der Waals surface area contributed by atoms with E-state index in [9.17, 15) is 15.0 Å². The van der Waals surface area contributed by atoms with E-state index in [0.29, 0.717) is 6.42 Å². The number of rotatable bonds is 41. The van der Waals surface area contributed by atoms with Crippen molar-refractivity contribution < 1.29 is 15.0 Å². The van der Waals surface area contributed by atoms with Crippen LogP contribution in [-0.4, -0.2) is 34.9 Å². The predicted octanol–water partition coefficient (Wildman–Crippen LogP) is 14.9. The van der Waals surface area contributed by atoms with Gasteiger partial charge in [0, 0.05) is 6.42 Å². The molecule has 0 aliphatic rings. The summed E-state index contributed by atoms with van der Waals surface area (Å²) in [5, 5.41) is 23.0. The molecule has 316 valence electrons. The summed E-state index contributed by atoms with van der Waals surface area (Å²) in [5.41, 5.74) is 0. The summed E-state index contributed by atoms with van der Waals surface area (Å²) in [4.78, 5) is 12.4. The van der Waals surface area contributed by atoms with Gasteiger partial charge < -0.3 is 15.5 Å². The average molecular weight is 764 g/mol. The van der Waals surface area contributed by atoms with Crippen LogP contribution in [0.2, 0.25) is 0 Å². The van der Waals surface area contributed by atoms with Crippen molar-refractivity contribution in [1.29, 1.82) is 0 Å². The molecule has 0 saturated heterocycles. The standard InChI is InChI=1S/C51H89NO3/c1-3-5-7-9-11-13-15-17-19-21-22-23-24-25-26-27-28-29-31-32-34-36-38-40-42-44-46-50(54)49(48-53)52-51(55)47-45-43-41-39-37-35-33-30-20-18-16-14-12-10-8-6-4-2/h6,8,12,14,18,20,33,35-36,38-39,41,44,46,49-50,53-54H,3-5,7,9-11,13,15-17,19,21-32,34,37,40,42-43,45,47-48H2,1-2H3,(H,52,55)/b8-6-,14-12-,20-18-,35-33-,38-36+,41-39-,46-44+. The van der Waals surface area contributed by atoms with Gasteiger partial charge in [0.15, 0.2) is 0 Å². The Bertz CT molecular complexity index is 1000. The van der Waals surface area contributed by atoms with Crippen molar-refractivity contribution in [3.05, 3.63) is 85.1 Å². The van der Waals surface area contributed by atoms with E-state index in [1.807, 2.05) is 6.08 Å². The number of amides is 1. The number of carbonyl (C=O) groups is 1. The fourth-order valence-corrected chi connectivity index (χ4v) is 6.58. The molecule has 0 rings (SSSR count). The van der Waals surface area contributed by atoms with Gasteiger partial charge in [0.2, 0.25) is 5.91 Å². The number of nitrogens with one attached hydrogen (secondary N) is 1. The fraction of sp³-hybridized carbons (Fsp3) is 0.706. The van der Waals surface area contributed by atoms with Gasteiger partial charge in [-0.3, -0.25) is 4.79 Å². The molecule has 0 aromatic rings. The van der Waals surface area contributed by atoms with Gasteiger partial charge in [-0.1, -0.05) is 221 Å². The minimum atomic E-state index is -0.890. The molecule has 0 aliphatic carbocycles. The number of carbonyl (C=O) groups excluding carboxylic acids is 1. The summed E-state index contributed by atoms with van der Waals surface area (Å²) in [6.45, 7) is 4.16. The van der Waals surface area contributed by atoms with E-state index in [-0.39, 0.29) is 12.5 Å². The molecule has 2 atom stereocenters. The van der Waals surface area contributed by atoms with Gasteiger partial charge in [-0.2, -0.15) is 0 Å². The smallest absolute Gasteiger partial charge is 0.220 e. The van der Waals surface area contributed by atoms with Crippen LogP contribution in [0.15, 0.2) is 85.1 Å². The van der Waals surface area contributed by atoms with Crippen molar-refractivity contribution in [2.24, 2.45) is 0 Å². The normalized spacial score (nSPS) is 13.7. The van der Waals surface area contributed by atoms with Crippen LogP contribution in [0.5, 0.6) is 0 Å². The predicted molar refractivity (Wildman–Crippen MR) is 243 cm³/mol. The van der Waals surface area contributed by atoms with Crippen molar-refractivity contribution in [2.45, 2.75) is 225 Å². The molecule has 55 heavy (non-hydrogen) atoms. The fourth-order valence-electron chi connectivity index (χ4n) is 6.58. The summed E-state index contributed by atoms with van der Waals surface area (Å²) >= 11 is 0. The molecule has 0 saturated carbocycles. The molecule has 0 aromatic heterocycles. The Morgan fingerprint density at radius 2 is 0.818 bits per heavy atom. The lowest BCUT2D eigenvalue weighted by molar-refractivity contribution is -0.122. The molecule has 4 heteroatoms. The van der Waals surface area contributed by atoms with Crippen LogP contribution in [0.1, 0.15) is 213 Å². The van der Waals surface area contributed by atoms with Crippen LogP contribution in [0, 0.1) is 0 Å². The Labute approximate surface area is 341 Å². The number of hydrogen-bond acceptors (Lipinski definition) is 3. The largest absolute Gasteiger partial charge is 0.394 e. The monoisotopic (exact) mass is 764 g/mol. The van der Waals surface area contributed by atoms with E-state index < -0.39 is 12.1 Å². The summed E-state index contributed by atoms with van der Waals surface area (Å²) in [6, 6.07) is -0.674. The molecular weight excluding hydrogens is 675 g/mol. The molecular formula is C51H89NO3. The molecule has 0 bridgehead atoms. The molecule has 0 radical (unpaired) electrons. The van der Waals surface area contributed by atoms with Crippen LogP contribution in [0.3, 0.4) is 0 Å². The van der Waals surface area contributed by atoms with Gasteiger partial charge in [0.1, 0.15) is 0 Å². The van der Waals surface area contributed by atoms with Gasteiger partial charge in [-0.15, -0.1) is 0 Å². The molecule has 0 fully saturated rings. The molecule has 3 N–H and O–H groups in total. The minimum Gasteiger partial charge on any atom is -0.394 e. The van der Waals surface area contributed by atoms with Crippen molar-refractivity contribution >= 4 is 5.91 Å². The first-order valence-electron chi connectivity index (χ1n) is 23.3. The molecule has 4 nitrogen and oxygen atoms in total. The SMILES string of the molecule is CC/C=C\C/C=C\C/C=C\C/C=C\C/C=C\CCCC(=O)NC(CO)C(O)/C=C/CC/C=C/CCCCCCCCCCCCCCCCCCCCCC. The van der Waals surface area contributed by atoms with Crippen LogP contribution in [0.4, 0.5) is 0 Å².